The molecule has 0 bridgehead atoms. The van der Waals surface area contributed by atoms with Crippen LogP contribution in [0.15, 0.2) is 42.6 Å². The lowest BCUT2D eigenvalue weighted by Gasteiger charge is -2.34. The molecule has 1 N–H and O–H groups in total. The Bertz CT molecular complexity index is 752. The Kier molecular flexibility index (Phi) is 6.87. The molecule has 2 aromatic rings. The quantitative estimate of drug-likeness (QED) is 0.797. The first-order valence-electron chi connectivity index (χ1n) is 10.1. The van der Waals surface area contributed by atoms with E-state index in [-0.39, 0.29) is 5.91 Å². The van der Waals surface area contributed by atoms with Crippen LogP contribution in [-0.4, -0.2) is 62.6 Å². The van der Waals surface area contributed by atoms with Gasteiger partial charge in [0, 0.05) is 51.1 Å². The van der Waals surface area contributed by atoms with Gasteiger partial charge in [0.15, 0.2) is 0 Å². The van der Waals surface area contributed by atoms with Crippen LogP contribution in [0.25, 0.3) is 0 Å². The fourth-order valence-electron chi connectivity index (χ4n) is 3.29. The number of nitrogens with one attached hydrogen (secondary N) is 1. The monoisotopic (exact) mass is 381 g/mol. The number of carbonyl (C=O) groups is 1. The Balaban J connectivity index is 1.57. The lowest BCUT2D eigenvalue weighted by molar-refractivity contribution is 0.102. The first-order valence-corrected chi connectivity index (χ1v) is 10.1. The number of nitrogens with zero attached hydrogens (tertiary/aromatic N) is 4. The molecule has 0 unspecified atom stereocenters. The van der Waals surface area contributed by atoms with Gasteiger partial charge in [-0.15, -0.1) is 0 Å². The van der Waals surface area contributed by atoms with Gasteiger partial charge in [-0.1, -0.05) is 13.3 Å². The zero-order chi connectivity index (χ0) is 19.9. The third kappa shape index (κ3) is 5.23. The zero-order valence-electron chi connectivity index (χ0n) is 17.2. The average molecular weight is 382 g/mol. The Morgan fingerprint density at radius 3 is 2.43 bits per heavy atom. The minimum Gasteiger partial charge on any atom is -0.373 e. The van der Waals surface area contributed by atoms with Crippen LogP contribution < -0.4 is 15.1 Å². The summed E-state index contributed by atoms with van der Waals surface area (Å²) in [5, 5.41) is 2.94. The molecule has 6 heteroatoms. The van der Waals surface area contributed by atoms with Crippen molar-refractivity contribution in [2.75, 3.05) is 61.9 Å². The number of benzene rings is 1. The van der Waals surface area contributed by atoms with E-state index < -0.39 is 0 Å². The lowest BCUT2D eigenvalue weighted by Crippen LogP contribution is -2.44. The van der Waals surface area contributed by atoms with Crippen LogP contribution in [0.1, 0.15) is 30.3 Å². The third-order valence-electron chi connectivity index (χ3n) is 5.26. The van der Waals surface area contributed by atoms with Gasteiger partial charge in [-0.25, -0.2) is 4.98 Å². The Morgan fingerprint density at radius 1 is 1.11 bits per heavy atom. The fraction of sp³-hybridized carbons (Fsp3) is 0.455. The minimum atomic E-state index is -0.185. The minimum absolute atomic E-state index is 0.185. The van der Waals surface area contributed by atoms with Gasteiger partial charge in [-0.2, -0.15) is 0 Å². The molecule has 0 aliphatic carbocycles. The van der Waals surface area contributed by atoms with Crippen LogP contribution in [0, 0.1) is 0 Å². The molecule has 1 aromatic carbocycles. The maximum absolute atomic E-state index is 12.5. The molecule has 2 heterocycles. The maximum atomic E-state index is 12.5. The van der Waals surface area contributed by atoms with E-state index >= 15 is 0 Å². The van der Waals surface area contributed by atoms with Crippen molar-refractivity contribution in [3.05, 3.63) is 48.3 Å². The van der Waals surface area contributed by atoms with E-state index in [1.54, 1.807) is 12.3 Å². The smallest absolute Gasteiger partial charge is 0.274 e. The predicted octanol–water partition coefficient (Wildman–Crippen LogP) is 3.32. The predicted molar refractivity (Wildman–Crippen MR) is 117 cm³/mol. The number of piperazine rings is 1. The summed E-state index contributed by atoms with van der Waals surface area (Å²) in [4.78, 5) is 23.7. The summed E-state index contributed by atoms with van der Waals surface area (Å²) in [6, 6.07) is 11.8. The SMILES string of the molecule is CCCCN(C)c1ccc(C(=O)Nc2ccc(N3CCN(C)CC3)cc2)nc1. The summed E-state index contributed by atoms with van der Waals surface area (Å²) in [6.07, 6.45) is 4.07. The Hall–Kier alpha value is -2.60. The van der Waals surface area contributed by atoms with Crippen molar-refractivity contribution in [2.45, 2.75) is 19.8 Å². The Morgan fingerprint density at radius 2 is 1.82 bits per heavy atom. The van der Waals surface area contributed by atoms with E-state index in [1.807, 2.05) is 25.2 Å². The number of hydrogen-bond donors (Lipinski definition) is 1. The summed E-state index contributed by atoms with van der Waals surface area (Å²) in [5.74, 6) is -0.185. The molecule has 1 aliphatic rings. The second-order valence-electron chi connectivity index (χ2n) is 7.47. The number of pyridine rings is 1. The summed E-state index contributed by atoms with van der Waals surface area (Å²) < 4.78 is 0. The number of aromatic nitrogens is 1. The van der Waals surface area contributed by atoms with Crippen molar-refractivity contribution in [3.63, 3.8) is 0 Å². The molecule has 0 radical (unpaired) electrons. The summed E-state index contributed by atoms with van der Waals surface area (Å²) in [5.41, 5.74) is 3.44. The van der Waals surface area contributed by atoms with E-state index in [1.165, 1.54) is 5.69 Å². The van der Waals surface area contributed by atoms with Crippen molar-refractivity contribution < 1.29 is 4.79 Å². The second kappa shape index (κ2) is 9.55. The highest BCUT2D eigenvalue weighted by Crippen LogP contribution is 2.20. The largest absolute Gasteiger partial charge is 0.373 e. The molecule has 6 nitrogen and oxygen atoms in total. The molecular formula is C22H31N5O. The topological polar surface area (TPSA) is 51.7 Å². The van der Waals surface area contributed by atoms with E-state index in [0.29, 0.717) is 5.69 Å². The molecule has 1 amide bonds. The molecule has 28 heavy (non-hydrogen) atoms. The highest BCUT2D eigenvalue weighted by atomic mass is 16.1. The molecular weight excluding hydrogens is 350 g/mol. The summed E-state index contributed by atoms with van der Waals surface area (Å²) in [7, 11) is 4.20. The molecule has 3 rings (SSSR count). The van der Waals surface area contributed by atoms with E-state index in [4.69, 9.17) is 0 Å². The molecule has 0 saturated carbocycles. The van der Waals surface area contributed by atoms with Crippen molar-refractivity contribution >= 4 is 23.0 Å². The number of carbonyl (C=O) groups excluding carboxylic acids is 1. The van der Waals surface area contributed by atoms with Crippen LogP contribution in [-0.2, 0) is 0 Å². The van der Waals surface area contributed by atoms with Gasteiger partial charge in [-0.05, 0) is 49.9 Å². The number of rotatable bonds is 7. The molecule has 1 aliphatic heterocycles. The number of hydrogen-bond acceptors (Lipinski definition) is 5. The van der Waals surface area contributed by atoms with Crippen molar-refractivity contribution in [3.8, 4) is 0 Å². The molecule has 0 atom stereocenters. The lowest BCUT2D eigenvalue weighted by atomic mass is 10.2. The van der Waals surface area contributed by atoms with Gasteiger partial charge in [0.25, 0.3) is 5.91 Å². The number of likely N-dealkylation sites (N-methyl/N-ethyl adjacent to an activating group) is 1. The van der Waals surface area contributed by atoms with Crippen molar-refractivity contribution in [1.29, 1.82) is 0 Å². The van der Waals surface area contributed by atoms with Gasteiger partial charge in [0.05, 0.1) is 11.9 Å². The standard InChI is InChI=1S/C22H31N5O/c1-4-5-12-26(3)20-10-11-21(23-17-20)22(28)24-18-6-8-19(9-7-18)27-15-13-25(2)14-16-27/h6-11,17H,4-5,12-16H2,1-3H3,(H,24,28). The van der Waals surface area contributed by atoms with Crippen molar-refractivity contribution in [1.82, 2.24) is 9.88 Å². The Labute approximate surface area is 168 Å². The van der Waals surface area contributed by atoms with Crippen LogP contribution in [0.3, 0.4) is 0 Å². The first kappa shape index (κ1) is 20.1. The molecule has 150 valence electrons. The zero-order valence-corrected chi connectivity index (χ0v) is 17.2. The number of unbranched alkanes of at least 4 members (excludes halogenated alkanes) is 1. The molecule has 1 saturated heterocycles. The molecule has 0 spiro atoms. The van der Waals surface area contributed by atoms with E-state index in [2.05, 4.69) is 51.1 Å². The first-order chi connectivity index (χ1) is 13.6. The highest BCUT2D eigenvalue weighted by molar-refractivity contribution is 6.03. The molecule has 1 aromatic heterocycles. The van der Waals surface area contributed by atoms with E-state index in [9.17, 15) is 4.79 Å². The fourth-order valence-corrected chi connectivity index (χ4v) is 3.29. The molecule has 1 fully saturated rings. The third-order valence-corrected chi connectivity index (χ3v) is 5.26. The normalized spacial score (nSPS) is 14.8. The van der Waals surface area contributed by atoms with Gasteiger partial charge < -0.3 is 20.0 Å². The number of amides is 1. The maximum Gasteiger partial charge on any atom is 0.274 e. The van der Waals surface area contributed by atoms with Gasteiger partial charge in [0.1, 0.15) is 5.69 Å². The van der Waals surface area contributed by atoms with Gasteiger partial charge in [-0.3, -0.25) is 4.79 Å². The van der Waals surface area contributed by atoms with Crippen LogP contribution in [0.5, 0.6) is 0 Å². The van der Waals surface area contributed by atoms with Gasteiger partial charge in [0.2, 0.25) is 0 Å². The van der Waals surface area contributed by atoms with Crippen LogP contribution >= 0.6 is 0 Å². The van der Waals surface area contributed by atoms with Crippen LogP contribution in [0.4, 0.5) is 17.1 Å². The number of anilines is 3. The van der Waals surface area contributed by atoms with Crippen LogP contribution in [0.2, 0.25) is 0 Å². The van der Waals surface area contributed by atoms with E-state index in [0.717, 1.165) is 56.9 Å². The summed E-state index contributed by atoms with van der Waals surface area (Å²) >= 11 is 0. The van der Waals surface area contributed by atoms with Gasteiger partial charge >= 0.3 is 0 Å². The summed E-state index contributed by atoms with van der Waals surface area (Å²) in [6.45, 7) is 7.39. The second-order valence-corrected chi connectivity index (χ2v) is 7.47. The average Bonchev–Trinajstić information content (AvgIpc) is 2.73. The highest BCUT2D eigenvalue weighted by Gasteiger charge is 2.14. The van der Waals surface area contributed by atoms with Crippen molar-refractivity contribution in [2.24, 2.45) is 0 Å².